The van der Waals surface area contributed by atoms with E-state index in [9.17, 15) is 9.50 Å². The summed E-state index contributed by atoms with van der Waals surface area (Å²) in [6, 6.07) is 13.3. The summed E-state index contributed by atoms with van der Waals surface area (Å²) >= 11 is 5.86. The minimum absolute atomic E-state index is 0.00294. The number of nitrogens with two attached hydrogens (primary N) is 1. The number of halogens is 2. The zero-order chi connectivity index (χ0) is 13.9. The summed E-state index contributed by atoms with van der Waals surface area (Å²) in [5.41, 5.74) is 5.39. The van der Waals surface area contributed by atoms with E-state index in [4.69, 9.17) is 17.3 Å². The van der Waals surface area contributed by atoms with Crippen LogP contribution in [-0.4, -0.2) is 11.7 Å². The number of benzene rings is 2. The van der Waals surface area contributed by atoms with Crippen molar-refractivity contribution in [2.45, 2.75) is 12.0 Å². The van der Waals surface area contributed by atoms with Crippen molar-refractivity contribution in [3.8, 4) is 0 Å². The highest BCUT2D eigenvalue weighted by atomic mass is 35.5. The maximum atomic E-state index is 13.7. The molecule has 0 fully saturated rings. The molecule has 4 heteroatoms. The maximum Gasteiger partial charge on any atom is 0.126 e. The van der Waals surface area contributed by atoms with Gasteiger partial charge >= 0.3 is 0 Å². The summed E-state index contributed by atoms with van der Waals surface area (Å²) in [6.45, 7) is 0.00294. The zero-order valence-electron chi connectivity index (χ0n) is 10.3. The predicted molar refractivity (Wildman–Crippen MR) is 74.5 cm³/mol. The average molecular weight is 280 g/mol. The number of aliphatic hydroxyl groups is 1. The lowest BCUT2D eigenvalue weighted by atomic mass is 9.87. The van der Waals surface area contributed by atoms with Gasteiger partial charge in [0, 0.05) is 18.0 Å². The van der Waals surface area contributed by atoms with Crippen molar-refractivity contribution in [1.29, 1.82) is 0 Å². The Hall–Kier alpha value is -1.42. The quantitative estimate of drug-likeness (QED) is 0.904. The van der Waals surface area contributed by atoms with Gasteiger partial charge in [-0.1, -0.05) is 41.9 Å². The first-order valence-corrected chi connectivity index (χ1v) is 6.35. The molecule has 2 aromatic carbocycles. The van der Waals surface area contributed by atoms with Crippen LogP contribution in [0.1, 0.15) is 11.1 Å². The van der Waals surface area contributed by atoms with E-state index >= 15 is 0 Å². The van der Waals surface area contributed by atoms with Gasteiger partial charge in [0.1, 0.15) is 11.4 Å². The number of rotatable bonds is 4. The average Bonchev–Trinajstić information content (AvgIpc) is 2.44. The number of hydrogen-bond acceptors (Lipinski definition) is 2. The van der Waals surface area contributed by atoms with Gasteiger partial charge in [0.2, 0.25) is 0 Å². The van der Waals surface area contributed by atoms with E-state index in [0.717, 1.165) is 0 Å². The Bertz CT molecular complexity index is 561. The summed E-state index contributed by atoms with van der Waals surface area (Å²) in [4.78, 5) is 0. The third-order valence-electron chi connectivity index (χ3n) is 3.14. The van der Waals surface area contributed by atoms with Crippen LogP contribution in [0.5, 0.6) is 0 Å². The molecule has 0 saturated heterocycles. The van der Waals surface area contributed by atoms with Crippen LogP contribution in [0.25, 0.3) is 0 Å². The molecule has 0 bridgehead atoms. The first kappa shape index (κ1) is 14.0. The normalized spacial score (nSPS) is 14.1. The van der Waals surface area contributed by atoms with Crippen molar-refractivity contribution in [2.24, 2.45) is 5.73 Å². The lowest BCUT2D eigenvalue weighted by Gasteiger charge is -2.27. The van der Waals surface area contributed by atoms with E-state index in [2.05, 4.69) is 0 Å². The molecule has 0 radical (unpaired) electrons. The second kappa shape index (κ2) is 5.70. The van der Waals surface area contributed by atoms with Gasteiger partial charge in [-0.15, -0.1) is 0 Å². The minimum atomic E-state index is -1.30. The second-order valence-electron chi connectivity index (χ2n) is 4.51. The fraction of sp³-hybridized carbons (Fsp3) is 0.200. The Morgan fingerprint density at radius 2 is 1.84 bits per heavy atom. The number of hydrogen-bond donors (Lipinski definition) is 2. The topological polar surface area (TPSA) is 46.2 Å². The van der Waals surface area contributed by atoms with Gasteiger partial charge in [0.15, 0.2) is 0 Å². The van der Waals surface area contributed by atoms with E-state index in [0.29, 0.717) is 16.1 Å². The van der Waals surface area contributed by atoms with Crippen molar-refractivity contribution in [3.05, 3.63) is 70.5 Å². The van der Waals surface area contributed by atoms with Crippen LogP contribution in [0, 0.1) is 5.82 Å². The fourth-order valence-electron chi connectivity index (χ4n) is 2.03. The standard InChI is InChI=1S/C15H15ClFNO/c16-13-6-7-14(17)11(8-13)9-15(19,10-18)12-4-2-1-3-5-12/h1-8,19H,9-10,18H2. The molecule has 100 valence electrons. The molecule has 3 N–H and O–H groups in total. The highest BCUT2D eigenvalue weighted by Gasteiger charge is 2.29. The molecule has 0 aliphatic rings. The Morgan fingerprint density at radius 1 is 1.16 bits per heavy atom. The molecule has 0 spiro atoms. The summed E-state index contributed by atoms with van der Waals surface area (Å²) in [7, 11) is 0. The van der Waals surface area contributed by atoms with Crippen molar-refractivity contribution in [2.75, 3.05) is 6.54 Å². The molecule has 0 aliphatic heterocycles. The van der Waals surface area contributed by atoms with Crippen LogP contribution in [0.3, 0.4) is 0 Å². The van der Waals surface area contributed by atoms with Crippen molar-refractivity contribution in [3.63, 3.8) is 0 Å². The van der Waals surface area contributed by atoms with E-state index < -0.39 is 11.4 Å². The Morgan fingerprint density at radius 3 is 2.47 bits per heavy atom. The van der Waals surface area contributed by atoms with Gasteiger partial charge < -0.3 is 10.8 Å². The molecule has 19 heavy (non-hydrogen) atoms. The van der Waals surface area contributed by atoms with Gasteiger partial charge in [-0.3, -0.25) is 0 Å². The van der Waals surface area contributed by atoms with Crippen molar-refractivity contribution >= 4 is 11.6 Å². The second-order valence-corrected chi connectivity index (χ2v) is 4.95. The van der Waals surface area contributed by atoms with Crippen LogP contribution in [0.2, 0.25) is 5.02 Å². The first-order valence-electron chi connectivity index (χ1n) is 5.97. The van der Waals surface area contributed by atoms with Crippen LogP contribution < -0.4 is 5.73 Å². The fourth-order valence-corrected chi connectivity index (χ4v) is 2.23. The SMILES string of the molecule is NCC(O)(Cc1cc(Cl)ccc1F)c1ccccc1. The van der Waals surface area contributed by atoms with Gasteiger partial charge in [0.25, 0.3) is 0 Å². The first-order chi connectivity index (χ1) is 9.05. The van der Waals surface area contributed by atoms with Crippen molar-refractivity contribution < 1.29 is 9.50 Å². The molecule has 0 saturated carbocycles. The van der Waals surface area contributed by atoms with Gasteiger partial charge in [0.05, 0.1) is 0 Å². The lowest BCUT2D eigenvalue weighted by molar-refractivity contribution is 0.0454. The van der Waals surface area contributed by atoms with Gasteiger partial charge in [-0.05, 0) is 29.3 Å². The molecule has 0 aromatic heterocycles. The van der Waals surface area contributed by atoms with Crippen LogP contribution >= 0.6 is 11.6 Å². The molecular weight excluding hydrogens is 265 g/mol. The van der Waals surface area contributed by atoms with E-state index in [1.165, 1.54) is 18.2 Å². The van der Waals surface area contributed by atoms with Gasteiger partial charge in [-0.2, -0.15) is 0 Å². The largest absolute Gasteiger partial charge is 0.383 e. The molecule has 0 amide bonds. The molecule has 2 nitrogen and oxygen atoms in total. The van der Waals surface area contributed by atoms with Crippen LogP contribution in [0.4, 0.5) is 4.39 Å². The smallest absolute Gasteiger partial charge is 0.126 e. The predicted octanol–water partition coefficient (Wildman–Crippen LogP) is 2.87. The highest BCUT2D eigenvalue weighted by Crippen LogP contribution is 2.27. The van der Waals surface area contributed by atoms with E-state index in [1.54, 1.807) is 12.1 Å². The van der Waals surface area contributed by atoms with Crippen LogP contribution in [0.15, 0.2) is 48.5 Å². The third kappa shape index (κ3) is 3.13. The Balaban J connectivity index is 2.36. The molecular formula is C15H15ClFNO. The Kier molecular flexibility index (Phi) is 4.20. The molecule has 2 aromatic rings. The molecule has 0 aliphatic carbocycles. The molecule has 2 rings (SSSR count). The molecule has 0 heterocycles. The van der Waals surface area contributed by atoms with E-state index in [1.807, 2.05) is 18.2 Å². The monoisotopic (exact) mass is 279 g/mol. The summed E-state index contributed by atoms with van der Waals surface area (Å²) < 4.78 is 13.7. The third-order valence-corrected chi connectivity index (χ3v) is 3.37. The van der Waals surface area contributed by atoms with Crippen molar-refractivity contribution in [1.82, 2.24) is 0 Å². The van der Waals surface area contributed by atoms with Gasteiger partial charge in [-0.25, -0.2) is 4.39 Å². The Labute approximate surface area is 116 Å². The minimum Gasteiger partial charge on any atom is -0.383 e. The maximum absolute atomic E-state index is 13.7. The zero-order valence-corrected chi connectivity index (χ0v) is 11.1. The highest BCUT2D eigenvalue weighted by molar-refractivity contribution is 6.30. The molecule has 1 unspecified atom stereocenters. The summed E-state index contributed by atoms with van der Waals surface area (Å²) in [5, 5.41) is 11.1. The van der Waals surface area contributed by atoms with Crippen LogP contribution in [-0.2, 0) is 12.0 Å². The summed E-state index contributed by atoms with van der Waals surface area (Å²) in [6.07, 6.45) is 0.0832. The lowest BCUT2D eigenvalue weighted by Crippen LogP contribution is -2.37. The molecule has 1 atom stereocenters. The summed E-state index contributed by atoms with van der Waals surface area (Å²) in [5.74, 6) is -0.396. The van der Waals surface area contributed by atoms with E-state index in [-0.39, 0.29) is 13.0 Å².